The van der Waals surface area contributed by atoms with Gasteiger partial charge in [-0.1, -0.05) is 0 Å². The number of carbonyl (C=O) groups excluding carboxylic acids is 1. The normalized spacial score (nSPS) is 19.5. The van der Waals surface area contributed by atoms with Crippen LogP contribution in [0.15, 0.2) is 16.5 Å². The topological polar surface area (TPSA) is 60.7 Å². The van der Waals surface area contributed by atoms with E-state index in [-0.39, 0.29) is 5.76 Å². The predicted molar refractivity (Wildman–Crippen MR) is 60.7 cm³/mol. The van der Waals surface area contributed by atoms with Gasteiger partial charge in [0.05, 0.1) is 20.3 Å². The standard InChI is InChI=1S/C12H17NO4/c1-15-12(14)11-3-2-10(17-11)7-13-6-9-4-5-16-8-9/h2-3,9,13H,4-8H2,1H3. The second-order valence-corrected chi connectivity index (χ2v) is 4.12. The Kier molecular flexibility index (Phi) is 4.17. The van der Waals surface area contributed by atoms with Gasteiger partial charge in [0, 0.05) is 13.2 Å². The van der Waals surface area contributed by atoms with E-state index in [1.807, 2.05) is 0 Å². The third-order valence-electron chi connectivity index (χ3n) is 2.80. The number of methoxy groups -OCH3 is 1. The van der Waals surface area contributed by atoms with E-state index in [0.29, 0.717) is 12.5 Å². The smallest absolute Gasteiger partial charge is 0.373 e. The highest BCUT2D eigenvalue weighted by atomic mass is 16.5. The van der Waals surface area contributed by atoms with Crippen LogP contribution in [0.4, 0.5) is 0 Å². The Hall–Kier alpha value is -1.33. The number of furan rings is 1. The molecule has 1 aliphatic heterocycles. The summed E-state index contributed by atoms with van der Waals surface area (Å²) in [6, 6.07) is 3.41. The highest BCUT2D eigenvalue weighted by Gasteiger charge is 2.15. The Bertz CT molecular complexity index is 368. The summed E-state index contributed by atoms with van der Waals surface area (Å²) in [5.74, 6) is 1.13. The van der Waals surface area contributed by atoms with Crippen molar-refractivity contribution in [1.82, 2.24) is 5.32 Å². The van der Waals surface area contributed by atoms with Crippen LogP contribution >= 0.6 is 0 Å². The molecule has 1 atom stereocenters. The van der Waals surface area contributed by atoms with Crippen LogP contribution in [0.1, 0.15) is 22.7 Å². The summed E-state index contributed by atoms with van der Waals surface area (Å²) >= 11 is 0. The van der Waals surface area contributed by atoms with Gasteiger partial charge in [0.1, 0.15) is 5.76 Å². The zero-order chi connectivity index (χ0) is 12.1. The highest BCUT2D eigenvalue weighted by Crippen LogP contribution is 2.12. The first-order valence-corrected chi connectivity index (χ1v) is 5.75. The van der Waals surface area contributed by atoms with Crippen molar-refractivity contribution in [2.45, 2.75) is 13.0 Å². The van der Waals surface area contributed by atoms with Crippen LogP contribution in [0.5, 0.6) is 0 Å². The molecule has 0 aliphatic carbocycles. The zero-order valence-electron chi connectivity index (χ0n) is 9.90. The average Bonchev–Trinajstić information content (AvgIpc) is 2.99. The van der Waals surface area contributed by atoms with Gasteiger partial charge in [0.15, 0.2) is 0 Å². The van der Waals surface area contributed by atoms with Crippen molar-refractivity contribution >= 4 is 5.97 Å². The third-order valence-corrected chi connectivity index (χ3v) is 2.80. The first-order valence-electron chi connectivity index (χ1n) is 5.75. The van der Waals surface area contributed by atoms with Crippen molar-refractivity contribution in [1.29, 1.82) is 0 Å². The van der Waals surface area contributed by atoms with Crippen molar-refractivity contribution in [2.75, 3.05) is 26.9 Å². The van der Waals surface area contributed by atoms with Crippen LogP contribution in [0, 0.1) is 5.92 Å². The molecule has 1 aromatic rings. The quantitative estimate of drug-likeness (QED) is 0.782. The van der Waals surface area contributed by atoms with Crippen LogP contribution in [-0.4, -0.2) is 32.8 Å². The summed E-state index contributed by atoms with van der Waals surface area (Å²) in [5, 5.41) is 3.29. The Morgan fingerprint density at radius 3 is 3.18 bits per heavy atom. The molecule has 2 rings (SSSR count). The van der Waals surface area contributed by atoms with Crippen LogP contribution < -0.4 is 5.32 Å². The minimum absolute atomic E-state index is 0.244. The minimum Gasteiger partial charge on any atom is -0.463 e. The Morgan fingerprint density at radius 2 is 2.47 bits per heavy atom. The highest BCUT2D eigenvalue weighted by molar-refractivity contribution is 5.86. The number of hydrogen-bond donors (Lipinski definition) is 1. The summed E-state index contributed by atoms with van der Waals surface area (Å²) in [6.45, 7) is 3.22. The lowest BCUT2D eigenvalue weighted by Gasteiger charge is -2.07. The van der Waals surface area contributed by atoms with Crippen molar-refractivity contribution in [3.63, 3.8) is 0 Å². The van der Waals surface area contributed by atoms with Gasteiger partial charge in [-0.15, -0.1) is 0 Å². The van der Waals surface area contributed by atoms with Gasteiger partial charge in [-0.25, -0.2) is 4.79 Å². The molecule has 1 N–H and O–H groups in total. The van der Waals surface area contributed by atoms with Crippen LogP contribution in [0.3, 0.4) is 0 Å². The molecular weight excluding hydrogens is 222 g/mol. The fourth-order valence-electron chi connectivity index (χ4n) is 1.83. The van der Waals surface area contributed by atoms with Crippen molar-refractivity contribution in [3.8, 4) is 0 Å². The Morgan fingerprint density at radius 1 is 1.59 bits per heavy atom. The molecule has 1 unspecified atom stereocenters. The molecule has 1 saturated heterocycles. The number of nitrogens with one attached hydrogen (secondary N) is 1. The number of ether oxygens (including phenoxy) is 2. The zero-order valence-corrected chi connectivity index (χ0v) is 9.90. The maximum absolute atomic E-state index is 11.2. The molecule has 5 nitrogen and oxygen atoms in total. The molecule has 5 heteroatoms. The Labute approximate surface area is 100 Å². The van der Waals surface area contributed by atoms with E-state index >= 15 is 0 Å². The lowest BCUT2D eigenvalue weighted by Crippen LogP contribution is -2.22. The molecule has 17 heavy (non-hydrogen) atoms. The second-order valence-electron chi connectivity index (χ2n) is 4.12. The SMILES string of the molecule is COC(=O)c1ccc(CNCC2CCOC2)o1. The summed E-state index contributed by atoms with van der Waals surface area (Å²) in [7, 11) is 1.34. The molecule has 0 bridgehead atoms. The molecule has 0 radical (unpaired) electrons. The molecule has 1 aliphatic rings. The number of rotatable bonds is 5. The van der Waals surface area contributed by atoms with E-state index in [4.69, 9.17) is 9.15 Å². The first kappa shape index (κ1) is 12.1. The van der Waals surface area contributed by atoms with Gasteiger partial charge in [0.2, 0.25) is 5.76 Å². The second kappa shape index (κ2) is 5.84. The van der Waals surface area contributed by atoms with Gasteiger partial charge in [-0.2, -0.15) is 0 Å². The van der Waals surface area contributed by atoms with Crippen molar-refractivity contribution < 1.29 is 18.7 Å². The maximum atomic E-state index is 11.2. The molecule has 0 amide bonds. The van der Waals surface area contributed by atoms with Crippen molar-refractivity contribution in [3.05, 3.63) is 23.7 Å². The molecule has 2 heterocycles. The summed E-state index contributed by atoms with van der Waals surface area (Å²) in [5.41, 5.74) is 0. The summed E-state index contributed by atoms with van der Waals surface area (Å²) in [4.78, 5) is 11.2. The van der Waals surface area contributed by atoms with Gasteiger partial charge >= 0.3 is 5.97 Å². The molecule has 0 saturated carbocycles. The van der Waals surface area contributed by atoms with E-state index in [2.05, 4.69) is 10.1 Å². The fraction of sp³-hybridized carbons (Fsp3) is 0.583. The molecule has 94 valence electrons. The van der Waals surface area contributed by atoms with Gasteiger partial charge in [-0.3, -0.25) is 0 Å². The van der Waals surface area contributed by atoms with Crippen molar-refractivity contribution in [2.24, 2.45) is 5.92 Å². The number of carbonyl (C=O) groups is 1. The van der Waals surface area contributed by atoms with Gasteiger partial charge in [-0.05, 0) is 24.5 Å². The minimum atomic E-state index is -0.444. The average molecular weight is 239 g/mol. The van der Waals surface area contributed by atoms with Gasteiger partial charge in [0.25, 0.3) is 0 Å². The lowest BCUT2D eigenvalue weighted by atomic mass is 10.1. The van der Waals surface area contributed by atoms with Crippen LogP contribution in [0.2, 0.25) is 0 Å². The molecule has 0 spiro atoms. The van der Waals surface area contributed by atoms with E-state index in [1.165, 1.54) is 7.11 Å². The number of hydrogen-bond acceptors (Lipinski definition) is 5. The van der Waals surface area contributed by atoms with E-state index < -0.39 is 5.97 Å². The number of esters is 1. The maximum Gasteiger partial charge on any atom is 0.373 e. The van der Waals surface area contributed by atoms with Crippen LogP contribution in [-0.2, 0) is 16.0 Å². The van der Waals surface area contributed by atoms with E-state index in [1.54, 1.807) is 12.1 Å². The fourth-order valence-corrected chi connectivity index (χ4v) is 1.83. The van der Waals surface area contributed by atoms with E-state index in [9.17, 15) is 4.79 Å². The third kappa shape index (κ3) is 3.31. The molecule has 1 aromatic heterocycles. The monoisotopic (exact) mass is 239 g/mol. The lowest BCUT2D eigenvalue weighted by molar-refractivity contribution is 0.0563. The summed E-state index contributed by atoms with van der Waals surface area (Å²) < 4.78 is 15.2. The predicted octanol–water partition coefficient (Wildman–Crippen LogP) is 1.19. The van der Waals surface area contributed by atoms with E-state index in [0.717, 1.165) is 31.9 Å². The first-order chi connectivity index (χ1) is 8.29. The van der Waals surface area contributed by atoms with Gasteiger partial charge < -0.3 is 19.2 Å². The summed E-state index contributed by atoms with van der Waals surface area (Å²) in [6.07, 6.45) is 1.11. The van der Waals surface area contributed by atoms with Crippen LogP contribution in [0.25, 0.3) is 0 Å². The molecule has 1 fully saturated rings. The largest absolute Gasteiger partial charge is 0.463 e. The Balaban J connectivity index is 1.74. The molecule has 0 aromatic carbocycles. The molecular formula is C12H17NO4.